The van der Waals surface area contributed by atoms with Gasteiger partial charge >= 0.3 is 0 Å². The molecule has 0 fully saturated rings. The molecule has 0 spiro atoms. The number of aliphatic hydroxyl groups excluding tert-OH is 1. The first-order valence-electron chi connectivity index (χ1n) is 5.47. The highest BCUT2D eigenvalue weighted by Gasteiger charge is 2.09. The molecule has 0 aliphatic carbocycles. The number of carbonyl (C=O) groups is 1. The predicted molar refractivity (Wildman–Crippen MR) is 69.5 cm³/mol. The Hall–Kier alpha value is -2.55. The smallest absolute Gasteiger partial charge is 0.193 e. The minimum absolute atomic E-state index is 0.0976. The lowest BCUT2D eigenvalue weighted by atomic mass is 10.1. The van der Waals surface area contributed by atoms with Crippen molar-refractivity contribution in [2.75, 3.05) is 0 Å². The monoisotopic (exact) mass is 240 g/mol. The molecule has 0 aromatic heterocycles. The number of phenolic OH excluding ortho intramolecular Hbond substituents is 1. The van der Waals surface area contributed by atoms with Crippen LogP contribution in [0.5, 0.6) is 5.75 Å². The molecule has 0 radical (unpaired) electrons. The number of hydrogen-bond acceptors (Lipinski definition) is 3. The van der Waals surface area contributed by atoms with Crippen LogP contribution in [0.4, 0.5) is 0 Å². The zero-order chi connectivity index (χ0) is 13.0. The molecule has 0 saturated carbocycles. The molecule has 90 valence electrons. The number of aliphatic hydroxyl groups is 1. The van der Waals surface area contributed by atoms with Crippen molar-refractivity contribution in [1.82, 2.24) is 0 Å². The number of aromatic hydroxyl groups is 1. The molecule has 0 saturated heterocycles. The van der Waals surface area contributed by atoms with Crippen LogP contribution in [-0.4, -0.2) is 16.0 Å². The van der Waals surface area contributed by atoms with Crippen LogP contribution in [0.1, 0.15) is 15.9 Å². The molecule has 2 rings (SSSR count). The van der Waals surface area contributed by atoms with Gasteiger partial charge in [-0.2, -0.15) is 0 Å². The van der Waals surface area contributed by atoms with E-state index in [1.165, 1.54) is 12.1 Å². The summed E-state index contributed by atoms with van der Waals surface area (Å²) in [4.78, 5) is 11.9. The van der Waals surface area contributed by atoms with Crippen molar-refractivity contribution in [3.63, 3.8) is 0 Å². The average Bonchev–Trinajstić information content (AvgIpc) is 2.40. The Balaban J connectivity index is 2.29. The Morgan fingerprint density at radius 3 is 2.22 bits per heavy atom. The number of ketones is 1. The molecule has 2 aromatic carbocycles. The zero-order valence-electron chi connectivity index (χ0n) is 9.58. The largest absolute Gasteiger partial charge is 0.507 e. The zero-order valence-corrected chi connectivity index (χ0v) is 9.58. The molecule has 0 heterocycles. The molecule has 3 nitrogen and oxygen atoms in total. The number of allylic oxidation sites excluding steroid dienone is 1. The molecule has 0 aliphatic heterocycles. The normalized spacial score (nSPS) is 11.2. The molecular formula is C15H12O3. The molecule has 2 aromatic rings. The second kappa shape index (κ2) is 5.19. The van der Waals surface area contributed by atoms with E-state index in [-0.39, 0.29) is 17.1 Å². The van der Waals surface area contributed by atoms with Gasteiger partial charge in [0.15, 0.2) is 5.78 Å². The number of benzene rings is 2. The van der Waals surface area contributed by atoms with Crippen molar-refractivity contribution in [2.24, 2.45) is 0 Å². The van der Waals surface area contributed by atoms with Crippen LogP contribution >= 0.6 is 0 Å². The molecule has 0 aliphatic rings. The summed E-state index contributed by atoms with van der Waals surface area (Å²) in [6.45, 7) is 0. The maximum absolute atomic E-state index is 11.9. The fourth-order valence-corrected chi connectivity index (χ4v) is 1.58. The van der Waals surface area contributed by atoms with E-state index in [9.17, 15) is 15.0 Å². The summed E-state index contributed by atoms with van der Waals surface area (Å²) in [5.41, 5.74) is 0.723. The molecule has 18 heavy (non-hydrogen) atoms. The van der Waals surface area contributed by atoms with E-state index in [1.807, 2.05) is 6.07 Å². The van der Waals surface area contributed by atoms with E-state index in [2.05, 4.69) is 0 Å². The second-order valence-corrected chi connectivity index (χ2v) is 3.78. The number of carbonyl (C=O) groups excluding carboxylic acids is 1. The van der Waals surface area contributed by atoms with Crippen LogP contribution in [0.25, 0.3) is 5.76 Å². The summed E-state index contributed by atoms with van der Waals surface area (Å²) < 4.78 is 0. The van der Waals surface area contributed by atoms with E-state index in [4.69, 9.17) is 0 Å². The lowest BCUT2D eigenvalue weighted by Gasteiger charge is -2.01. The summed E-state index contributed by atoms with van der Waals surface area (Å²) in [6, 6.07) is 15.0. The lowest BCUT2D eigenvalue weighted by molar-refractivity contribution is 0.104. The highest BCUT2D eigenvalue weighted by Crippen LogP contribution is 2.18. The summed E-state index contributed by atoms with van der Waals surface area (Å²) in [5, 5.41) is 19.3. The van der Waals surface area contributed by atoms with Crippen molar-refractivity contribution in [3.8, 4) is 5.75 Å². The highest BCUT2D eigenvalue weighted by atomic mass is 16.3. The van der Waals surface area contributed by atoms with E-state index in [1.54, 1.807) is 36.4 Å². The van der Waals surface area contributed by atoms with E-state index in [0.29, 0.717) is 5.56 Å². The van der Waals surface area contributed by atoms with Gasteiger partial charge in [0.25, 0.3) is 0 Å². The third kappa shape index (κ3) is 2.58. The SMILES string of the molecule is O=C(/C=C(\O)c1ccccc1)c1ccccc1O. The van der Waals surface area contributed by atoms with Gasteiger partial charge in [0.1, 0.15) is 11.5 Å². The van der Waals surface area contributed by atoms with Crippen molar-refractivity contribution < 1.29 is 15.0 Å². The number of phenols is 1. The van der Waals surface area contributed by atoms with Gasteiger partial charge in [-0.3, -0.25) is 4.79 Å². The Morgan fingerprint density at radius 1 is 0.944 bits per heavy atom. The van der Waals surface area contributed by atoms with Gasteiger partial charge in [0.2, 0.25) is 0 Å². The lowest BCUT2D eigenvalue weighted by Crippen LogP contribution is -1.96. The number of rotatable bonds is 3. The minimum Gasteiger partial charge on any atom is -0.507 e. The van der Waals surface area contributed by atoms with Gasteiger partial charge in [0.05, 0.1) is 5.56 Å². The molecular weight excluding hydrogens is 228 g/mol. The quantitative estimate of drug-likeness (QED) is 0.492. The van der Waals surface area contributed by atoms with E-state index in [0.717, 1.165) is 6.08 Å². The Morgan fingerprint density at radius 2 is 1.56 bits per heavy atom. The number of para-hydroxylation sites is 1. The summed E-state index contributed by atoms with van der Waals surface area (Å²) in [6.07, 6.45) is 1.10. The van der Waals surface area contributed by atoms with E-state index < -0.39 is 5.78 Å². The van der Waals surface area contributed by atoms with Gasteiger partial charge in [-0.25, -0.2) is 0 Å². The van der Waals surface area contributed by atoms with Crippen molar-refractivity contribution in [1.29, 1.82) is 0 Å². The van der Waals surface area contributed by atoms with Crippen molar-refractivity contribution >= 4 is 11.5 Å². The molecule has 2 N–H and O–H groups in total. The maximum atomic E-state index is 11.9. The first kappa shape index (κ1) is 11.9. The first-order valence-corrected chi connectivity index (χ1v) is 5.47. The summed E-state index contributed by atoms with van der Waals surface area (Å²) in [7, 11) is 0. The van der Waals surface area contributed by atoms with Crippen LogP contribution in [0.2, 0.25) is 0 Å². The molecule has 0 unspecified atom stereocenters. The van der Waals surface area contributed by atoms with Gasteiger partial charge in [-0.05, 0) is 12.1 Å². The van der Waals surface area contributed by atoms with E-state index >= 15 is 0 Å². The average molecular weight is 240 g/mol. The Bertz CT molecular complexity index is 586. The first-order chi connectivity index (χ1) is 8.68. The molecule has 3 heteroatoms. The van der Waals surface area contributed by atoms with Crippen LogP contribution in [0, 0.1) is 0 Å². The molecule has 0 amide bonds. The summed E-state index contributed by atoms with van der Waals surface area (Å²) >= 11 is 0. The fourth-order valence-electron chi connectivity index (χ4n) is 1.58. The third-order valence-electron chi connectivity index (χ3n) is 2.51. The standard InChI is InChI=1S/C15H12O3/c16-13-9-5-4-8-12(13)15(18)10-14(17)11-6-2-1-3-7-11/h1-10,16-17H/b14-10-. The Kier molecular flexibility index (Phi) is 3.44. The van der Waals surface area contributed by atoms with Gasteiger partial charge in [0, 0.05) is 11.6 Å². The fraction of sp³-hybridized carbons (Fsp3) is 0. The van der Waals surface area contributed by atoms with Crippen molar-refractivity contribution in [3.05, 3.63) is 71.8 Å². The van der Waals surface area contributed by atoms with Gasteiger partial charge in [-0.15, -0.1) is 0 Å². The molecule has 0 bridgehead atoms. The maximum Gasteiger partial charge on any atom is 0.193 e. The van der Waals surface area contributed by atoms with Crippen LogP contribution < -0.4 is 0 Å². The van der Waals surface area contributed by atoms with Crippen LogP contribution in [0.15, 0.2) is 60.7 Å². The third-order valence-corrected chi connectivity index (χ3v) is 2.51. The molecule has 0 atom stereocenters. The van der Waals surface area contributed by atoms with Crippen LogP contribution in [0.3, 0.4) is 0 Å². The predicted octanol–water partition coefficient (Wildman–Crippen LogP) is 3.17. The van der Waals surface area contributed by atoms with Crippen molar-refractivity contribution in [2.45, 2.75) is 0 Å². The topological polar surface area (TPSA) is 57.5 Å². The Labute approximate surface area is 105 Å². The summed E-state index contributed by atoms with van der Waals surface area (Å²) in [5.74, 6) is -0.655. The minimum atomic E-state index is -0.436. The second-order valence-electron chi connectivity index (χ2n) is 3.78. The van der Waals surface area contributed by atoms with Gasteiger partial charge in [-0.1, -0.05) is 42.5 Å². The van der Waals surface area contributed by atoms with Gasteiger partial charge < -0.3 is 10.2 Å². The van der Waals surface area contributed by atoms with Crippen LogP contribution in [-0.2, 0) is 0 Å². The highest BCUT2D eigenvalue weighted by molar-refractivity contribution is 6.09. The number of hydrogen-bond donors (Lipinski definition) is 2.